The van der Waals surface area contributed by atoms with E-state index in [2.05, 4.69) is 4.90 Å². The molecule has 1 fully saturated rings. The maximum atomic E-state index is 13.4. The topological polar surface area (TPSA) is 93.6 Å². The number of aliphatic hydroxyl groups excluding tert-OH is 1. The number of benzene rings is 2. The van der Waals surface area contributed by atoms with Crippen LogP contribution < -0.4 is 5.73 Å². The Bertz CT molecular complexity index is 1020. The molecule has 0 aliphatic carbocycles. The molecule has 1 amide bonds. The van der Waals surface area contributed by atoms with Gasteiger partial charge in [-0.25, -0.2) is 0 Å². The van der Waals surface area contributed by atoms with E-state index in [0.717, 1.165) is 21.6 Å². The molecule has 0 aromatic heterocycles. The van der Waals surface area contributed by atoms with Crippen molar-refractivity contribution in [2.45, 2.75) is 32.5 Å². The van der Waals surface area contributed by atoms with Crippen LogP contribution in [0.25, 0.3) is 11.1 Å². The number of aliphatic hydroxyl groups is 1. The summed E-state index contributed by atoms with van der Waals surface area (Å²) in [5.74, 6) is -1.92. The van der Waals surface area contributed by atoms with Gasteiger partial charge in [-0.2, -0.15) is 13.2 Å². The van der Waals surface area contributed by atoms with Gasteiger partial charge in [0, 0.05) is 25.2 Å². The average Bonchev–Trinajstić information content (AvgIpc) is 2.78. The lowest BCUT2D eigenvalue weighted by atomic mass is 9.95. The zero-order chi connectivity index (χ0) is 24.9. The number of halogens is 3. The molecule has 1 heterocycles. The SMILES string of the molecule is Cc1cc(CN(CC2CCN(CCO)CC2)C(=O)C(F)(F)F)cc(-c2cccc(C(=N)N)c2)c1. The van der Waals surface area contributed by atoms with Crippen LogP contribution in [0.1, 0.15) is 29.5 Å². The number of amides is 1. The van der Waals surface area contributed by atoms with Gasteiger partial charge in [-0.15, -0.1) is 0 Å². The first-order valence-electron chi connectivity index (χ1n) is 11.3. The number of nitrogens with one attached hydrogen (secondary N) is 1. The van der Waals surface area contributed by atoms with Crippen LogP contribution in [0.15, 0.2) is 42.5 Å². The number of rotatable bonds is 8. The molecule has 0 atom stereocenters. The van der Waals surface area contributed by atoms with Gasteiger partial charge in [0.05, 0.1) is 6.61 Å². The van der Waals surface area contributed by atoms with Crippen molar-refractivity contribution in [1.82, 2.24) is 9.80 Å². The Labute approximate surface area is 197 Å². The lowest BCUT2D eigenvalue weighted by molar-refractivity contribution is -0.187. The third kappa shape index (κ3) is 6.80. The van der Waals surface area contributed by atoms with Crippen LogP contribution in [-0.2, 0) is 11.3 Å². The van der Waals surface area contributed by atoms with Crippen molar-refractivity contribution in [1.29, 1.82) is 5.41 Å². The third-order valence-corrected chi connectivity index (χ3v) is 6.15. The summed E-state index contributed by atoms with van der Waals surface area (Å²) in [4.78, 5) is 15.3. The highest BCUT2D eigenvalue weighted by atomic mass is 19.4. The molecular weight excluding hydrogens is 445 g/mol. The molecule has 4 N–H and O–H groups in total. The van der Waals surface area contributed by atoms with Gasteiger partial charge in [-0.3, -0.25) is 10.2 Å². The molecule has 2 aromatic rings. The number of carbonyl (C=O) groups is 1. The van der Waals surface area contributed by atoms with Crippen molar-refractivity contribution >= 4 is 11.7 Å². The van der Waals surface area contributed by atoms with Gasteiger partial charge in [0.15, 0.2) is 0 Å². The second-order valence-corrected chi connectivity index (χ2v) is 8.89. The molecule has 1 saturated heterocycles. The fourth-order valence-electron chi connectivity index (χ4n) is 4.45. The number of hydrogen-bond acceptors (Lipinski definition) is 4. The number of hydrogen-bond donors (Lipinski definition) is 3. The van der Waals surface area contributed by atoms with E-state index in [1.807, 2.05) is 19.1 Å². The van der Waals surface area contributed by atoms with Gasteiger partial charge in [0.25, 0.3) is 0 Å². The molecule has 34 heavy (non-hydrogen) atoms. The number of aryl methyl sites for hydroxylation is 1. The maximum Gasteiger partial charge on any atom is 0.471 e. The van der Waals surface area contributed by atoms with Crippen LogP contribution in [-0.4, -0.2) is 65.6 Å². The summed E-state index contributed by atoms with van der Waals surface area (Å²) in [6.07, 6.45) is -3.59. The summed E-state index contributed by atoms with van der Waals surface area (Å²) in [6.45, 7) is 3.74. The minimum atomic E-state index is -4.94. The van der Waals surface area contributed by atoms with Crippen molar-refractivity contribution in [2.75, 3.05) is 32.8 Å². The van der Waals surface area contributed by atoms with E-state index in [9.17, 15) is 18.0 Å². The van der Waals surface area contributed by atoms with Crippen LogP contribution in [0.2, 0.25) is 0 Å². The van der Waals surface area contributed by atoms with Crippen LogP contribution in [0.4, 0.5) is 13.2 Å². The highest BCUT2D eigenvalue weighted by Gasteiger charge is 2.43. The molecule has 184 valence electrons. The number of amidine groups is 1. The number of carbonyl (C=O) groups excluding carboxylic acids is 1. The molecule has 0 saturated carbocycles. The molecule has 3 rings (SSSR count). The third-order valence-electron chi connectivity index (χ3n) is 6.15. The van der Waals surface area contributed by atoms with Crippen molar-refractivity contribution < 1.29 is 23.1 Å². The van der Waals surface area contributed by atoms with Gasteiger partial charge in [-0.05, 0) is 67.6 Å². The molecule has 9 heteroatoms. The van der Waals surface area contributed by atoms with E-state index >= 15 is 0 Å². The van der Waals surface area contributed by atoms with Crippen molar-refractivity contribution in [3.8, 4) is 11.1 Å². The Morgan fingerprint density at radius 3 is 2.50 bits per heavy atom. The molecule has 0 radical (unpaired) electrons. The van der Waals surface area contributed by atoms with E-state index in [-0.39, 0.29) is 31.4 Å². The summed E-state index contributed by atoms with van der Waals surface area (Å²) in [5.41, 5.74) is 9.20. The molecule has 0 unspecified atom stereocenters. The summed E-state index contributed by atoms with van der Waals surface area (Å²) >= 11 is 0. The summed E-state index contributed by atoms with van der Waals surface area (Å²) in [6, 6.07) is 12.6. The summed E-state index contributed by atoms with van der Waals surface area (Å²) in [7, 11) is 0. The van der Waals surface area contributed by atoms with Crippen molar-refractivity contribution in [3.05, 3.63) is 59.2 Å². The van der Waals surface area contributed by atoms with Crippen molar-refractivity contribution in [2.24, 2.45) is 11.7 Å². The number of nitrogen functional groups attached to an aromatic ring is 1. The van der Waals surface area contributed by atoms with Gasteiger partial charge in [0.2, 0.25) is 0 Å². The zero-order valence-corrected chi connectivity index (χ0v) is 19.2. The van der Waals surface area contributed by atoms with Gasteiger partial charge in [0.1, 0.15) is 5.84 Å². The lowest BCUT2D eigenvalue weighted by Crippen LogP contribution is -2.45. The highest BCUT2D eigenvalue weighted by Crippen LogP contribution is 2.27. The summed E-state index contributed by atoms with van der Waals surface area (Å²) < 4.78 is 40.2. The Morgan fingerprint density at radius 1 is 1.18 bits per heavy atom. The van der Waals surface area contributed by atoms with Crippen LogP contribution in [0.5, 0.6) is 0 Å². The largest absolute Gasteiger partial charge is 0.471 e. The minimum Gasteiger partial charge on any atom is -0.395 e. The van der Waals surface area contributed by atoms with Crippen LogP contribution in [0.3, 0.4) is 0 Å². The predicted molar refractivity (Wildman–Crippen MR) is 125 cm³/mol. The average molecular weight is 477 g/mol. The van der Waals surface area contributed by atoms with Crippen LogP contribution >= 0.6 is 0 Å². The van der Waals surface area contributed by atoms with E-state index in [1.165, 1.54) is 0 Å². The van der Waals surface area contributed by atoms with Gasteiger partial charge < -0.3 is 20.6 Å². The van der Waals surface area contributed by atoms with E-state index in [1.54, 1.807) is 30.3 Å². The number of alkyl halides is 3. The minimum absolute atomic E-state index is 0.0298. The molecule has 0 bridgehead atoms. The Kier molecular flexibility index (Phi) is 8.33. The number of nitrogens with two attached hydrogens (primary N) is 1. The first-order chi connectivity index (χ1) is 16.1. The first kappa shape index (κ1) is 25.7. The monoisotopic (exact) mass is 476 g/mol. The Balaban J connectivity index is 1.83. The standard InChI is InChI=1S/C25H31F3N4O2/c1-17-11-19(13-22(12-17)20-3-2-4-21(14-20)23(29)30)16-32(24(34)25(26,27)28)15-18-5-7-31(8-6-18)9-10-33/h2-4,11-14,18,33H,5-10,15-16H2,1H3,(H3,29,30). The fourth-order valence-corrected chi connectivity index (χ4v) is 4.45. The molecular formula is C25H31F3N4O2. The van der Waals surface area contributed by atoms with Gasteiger partial charge >= 0.3 is 12.1 Å². The number of β-amino-alcohol motifs (C(OH)–C–C–N with tert-alkyl or cyclic N) is 1. The second kappa shape index (κ2) is 11.0. The molecule has 2 aromatic carbocycles. The van der Waals surface area contributed by atoms with Crippen LogP contribution in [0, 0.1) is 18.3 Å². The quantitative estimate of drug-likeness (QED) is 0.401. The smallest absolute Gasteiger partial charge is 0.395 e. The molecule has 1 aliphatic heterocycles. The molecule has 6 nitrogen and oxygen atoms in total. The van der Waals surface area contributed by atoms with E-state index in [0.29, 0.717) is 43.6 Å². The first-order valence-corrected chi connectivity index (χ1v) is 11.3. The molecule has 0 spiro atoms. The zero-order valence-electron chi connectivity index (χ0n) is 19.2. The van der Waals surface area contributed by atoms with E-state index < -0.39 is 12.1 Å². The lowest BCUT2D eigenvalue weighted by Gasteiger charge is -2.35. The highest BCUT2D eigenvalue weighted by molar-refractivity contribution is 5.96. The Morgan fingerprint density at radius 2 is 1.88 bits per heavy atom. The van der Waals surface area contributed by atoms with Crippen molar-refractivity contribution in [3.63, 3.8) is 0 Å². The van der Waals surface area contributed by atoms with E-state index in [4.69, 9.17) is 16.2 Å². The normalized spacial score (nSPS) is 15.3. The number of likely N-dealkylation sites (tertiary alicyclic amines) is 1. The fraction of sp³-hybridized carbons (Fsp3) is 0.440. The Hall–Kier alpha value is -2.91. The predicted octanol–water partition coefficient (Wildman–Crippen LogP) is 3.54. The maximum absolute atomic E-state index is 13.4. The molecule has 1 aliphatic rings. The summed E-state index contributed by atoms with van der Waals surface area (Å²) in [5, 5.41) is 16.7. The van der Waals surface area contributed by atoms with Gasteiger partial charge in [-0.1, -0.05) is 35.9 Å². The second-order valence-electron chi connectivity index (χ2n) is 8.89. The number of piperidine rings is 1. The number of nitrogens with zero attached hydrogens (tertiary/aromatic N) is 2.